The van der Waals surface area contributed by atoms with E-state index < -0.39 is 0 Å². The Hall–Kier alpha value is -1.84. The van der Waals surface area contributed by atoms with Crippen LogP contribution in [0.3, 0.4) is 0 Å². The monoisotopic (exact) mass is 174 g/mol. The SMILES string of the molecule is c1ccc(NCc2ncc[nH]2)nc1. The molecule has 0 aliphatic heterocycles. The van der Waals surface area contributed by atoms with Crippen molar-refractivity contribution in [3.8, 4) is 0 Å². The third-order valence-electron chi connectivity index (χ3n) is 1.66. The van der Waals surface area contributed by atoms with Crippen molar-refractivity contribution < 1.29 is 0 Å². The zero-order valence-electron chi connectivity index (χ0n) is 7.07. The number of H-pyrrole nitrogens is 1. The van der Waals surface area contributed by atoms with Crippen LogP contribution < -0.4 is 5.32 Å². The summed E-state index contributed by atoms with van der Waals surface area (Å²) < 4.78 is 0. The second-order valence-electron chi connectivity index (χ2n) is 2.60. The van der Waals surface area contributed by atoms with Crippen LogP contribution in [0.25, 0.3) is 0 Å². The first kappa shape index (κ1) is 7.79. The molecular weight excluding hydrogens is 164 g/mol. The van der Waals surface area contributed by atoms with E-state index in [1.165, 1.54) is 0 Å². The Morgan fingerprint density at radius 1 is 1.23 bits per heavy atom. The second kappa shape index (κ2) is 3.71. The van der Waals surface area contributed by atoms with Crippen molar-refractivity contribution in [2.24, 2.45) is 0 Å². The fourth-order valence-electron chi connectivity index (χ4n) is 1.04. The first-order valence-electron chi connectivity index (χ1n) is 4.08. The summed E-state index contributed by atoms with van der Waals surface area (Å²) >= 11 is 0. The van der Waals surface area contributed by atoms with Crippen LogP contribution in [0.5, 0.6) is 0 Å². The molecule has 0 fully saturated rings. The van der Waals surface area contributed by atoms with Gasteiger partial charge in [-0.2, -0.15) is 0 Å². The summed E-state index contributed by atoms with van der Waals surface area (Å²) in [4.78, 5) is 11.2. The van der Waals surface area contributed by atoms with E-state index in [1.807, 2.05) is 18.2 Å². The zero-order chi connectivity index (χ0) is 8.93. The van der Waals surface area contributed by atoms with Crippen LogP contribution in [0, 0.1) is 0 Å². The van der Waals surface area contributed by atoms with E-state index in [2.05, 4.69) is 20.3 Å². The lowest BCUT2D eigenvalue weighted by Crippen LogP contribution is -2.02. The summed E-state index contributed by atoms with van der Waals surface area (Å²) in [6, 6.07) is 5.75. The molecule has 4 nitrogen and oxygen atoms in total. The van der Waals surface area contributed by atoms with Gasteiger partial charge in [-0.05, 0) is 12.1 Å². The van der Waals surface area contributed by atoms with Gasteiger partial charge in [-0.3, -0.25) is 0 Å². The van der Waals surface area contributed by atoms with Gasteiger partial charge in [-0.25, -0.2) is 9.97 Å². The van der Waals surface area contributed by atoms with Gasteiger partial charge in [0.15, 0.2) is 0 Å². The van der Waals surface area contributed by atoms with Gasteiger partial charge in [0.2, 0.25) is 0 Å². The number of nitrogens with one attached hydrogen (secondary N) is 2. The van der Waals surface area contributed by atoms with Crippen molar-refractivity contribution in [1.82, 2.24) is 15.0 Å². The van der Waals surface area contributed by atoms with E-state index >= 15 is 0 Å². The highest BCUT2D eigenvalue weighted by molar-refractivity contribution is 5.33. The molecule has 13 heavy (non-hydrogen) atoms. The number of rotatable bonds is 3. The Labute approximate surface area is 76.1 Å². The van der Waals surface area contributed by atoms with Gasteiger partial charge in [0.05, 0.1) is 6.54 Å². The minimum absolute atomic E-state index is 0.671. The molecule has 0 aliphatic carbocycles. The maximum Gasteiger partial charge on any atom is 0.126 e. The predicted octanol–water partition coefficient (Wildman–Crippen LogP) is 1.42. The molecule has 2 heterocycles. The number of aromatic nitrogens is 3. The quantitative estimate of drug-likeness (QED) is 0.739. The van der Waals surface area contributed by atoms with Crippen LogP contribution in [-0.4, -0.2) is 15.0 Å². The van der Waals surface area contributed by atoms with Crippen LogP contribution >= 0.6 is 0 Å². The van der Waals surface area contributed by atoms with E-state index in [1.54, 1.807) is 18.6 Å². The van der Waals surface area contributed by atoms with Gasteiger partial charge < -0.3 is 10.3 Å². The average Bonchev–Trinajstić information content (AvgIpc) is 2.69. The van der Waals surface area contributed by atoms with Gasteiger partial charge in [0.1, 0.15) is 11.6 Å². The standard InChI is InChI=1S/C9H10N4/c1-2-4-10-8(3-1)13-7-9-11-5-6-12-9/h1-6H,7H2,(H,10,13)(H,11,12). The maximum atomic E-state index is 4.13. The van der Waals surface area contributed by atoms with Crippen molar-refractivity contribution in [2.75, 3.05) is 5.32 Å². The van der Waals surface area contributed by atoms with E-state index in [0.717, 1.165) is 11.6 Å². The molecular formula is C9H10N4. The molecule has 0 atom stereocenters. The molecule has 4 heteroatoms. The van der Waals surface area contributed by atoms with Gasteiger partial charge in [0.25, 0.3) is 0 Å². The molecule has 0 bridgehead atoms. The summed E-state index contributed by atoms with van der Waals surface area (Å²) in [6.45, 7) is 0.671. The largest absolute Gasteiger partial charge is 0.363 e. The number of imidazole rings is 1. The molecule has 2 aromatic heterocycles. The summed E-state index contributed by atoms with van der Waals surface area (Å²) in [5.41, 5.74) is 0. The smallest absolute Gasteiger partial charge is 0.126 e. The van der Waals surface area contributed by atoms with Crippen molar-refractivity contribution in [1.29, 1.82) is 0 Å². The molecule has 66 valence electrons. The lowest BCUT2D eigenvalue weighted by molar-refractivity contribution is 0.988. The van der Waals surface area contributed by atoms with E-state index in [4.69, 9.17) is 0 Å². The van der Waals surface area contributed by atoms with Crippen molar-refractivity contribution in [2.45, 2.75) is 6.54 Å². The molecule has 0 spiro atoms. The van der Waals surface area contributed by atoms with Gasteiger partial charge in [-0.1, -0.05) is 6.07 Å². The summed E-state index contributed by atoms with van der Waals surface area (Å²) in [7, 11) is 0. The number of anilines is 1. The molecule has 0 aliphatic rings. The number of nitrogens with zero attached hydrogens (tertiary/aromatic N) is 2. The highest BCUT2D eigenvalue weighted by Gasteiger charge is 1.94. The Morgan fingerprint density at radius 2 is 2.23 bits per heavy atom. The van der Waals surface area contributed by atoms with E-state index in [9.17, 15) is 0 Å². The Balaban J connectivity index is 1.94. The highest BCUT2D eigenvalue weighted by atomic mass is 15.0. The normalized spacial score (nSPS) is 9.85. The topological polar surface area (TPSA) is 53.6 Å². The lowest BCUT2D eigenvalue weighted by Gasteiger charge is -2.01. The van der Waals surface area contributed by atoms with Crippen molar-refractivity contribution >= 4 is 5.82 Å². The van der Waals surface area contributed by atoms with Crippen LogP contribution in [0.2, 0.25) is 0 Å². The minimum atomic E-state index is 0.671. The van der Waals surface area contributed by atoms with Crippen LogP contribution in [0.1, 0.15) is 5.82 Å². The number of pyridine rings is 1. The summed E-state index contributed by atoms with van der Waals surface area (Å²) in [5, 5.41) is 3.14. The average molecular weight is 174 g/mol. The Bertz CT molecular complexity index is 341. The molecule has 0 saturated heterocycles. The fourth-order valence-corrected chi connectivity index (χ4v) is 1.04. The minimum Gasteiger partial charge on any atom is -0.363 e. The van der Waals surface area contributed by atoms with Gasteiger partial charge in [0, 0.05) is 18.6 Å². The molecule has 0 radical (unpaired) electrons. The van der Waals surface area contributed by atoms with Gasteiger partial charge in [-0.15, -0.1) is 0 Å². The third-order valence-corrected chi connectivity index (χ3v) is 1.66. The molecule has 0 aromatic carbocycles. The fraction of sp³-hybridized carbons (Fsp3) is 0.111. The van der Waals surface area contributed by atoms with Crippen molar-refractivity contribution in [3.05, 3.63) is 42.6 Å². The van der Waals surface area contributed by atoms with E-state index in [-0.39, 0.29) is 0 Å². The zero-order valence-corrected chi connectivity index (χ0v) is 7.07. The molecule has 2 rings (SSSR count). The number of aromatic amines is 1. The van der Waals surface area contributed by atoms with Crippen LogP contribution in [-0.2, 0) is 6.54 Å². The number of hydrogen-bond acceptors (Lipinski definition) is 3. The molecule has 0 amide bonds. The first-order valence-corrected chi connectivity index (χ1v) is 4.08. The molecule has 0 saturated carbocycles. The van der Waals surface area contributed by atoms with Crippen molar-refractivity contribution in [3.63, 3.8) is 0 Å². The van der Waals surface area contributed by atoms with Crippen LogP contribution in [0.15, 0.2) is 36.8 Å². The summed E-state index contributed by atoms with van der Waals surface area (Å²) in [5.74, 6) is 1.77. The van der Waals surface area contributed by atoms with E-state index in [0.29, 0.717) is 6.54 Å². The Kier molecular flexibility index (Phi) is 2.22. The molecule has 2 aromatic rings. The molecule has 2 N–H and O–H groups in total. The summed E-state index contributed by atoms with van der Waals surface area (Å²) in [6.07, 6.45) is 5.29. The second-order valence-corrected chi connectivity index (χ2v) is 2.60. The Morgan fingerprint density at radius 3 is 2.92 bits per heavy atom. The number of hydrogen-bond donors (Lipinski definition) is 2. The maximum absolute atomic E-state index is 4.13. The third kappa shape index (κ3) is 2.05. The van der Waals surface area contributed by atoms with Crippen LogP contribution in [0.4, 0.5) is 5.82 Å². The lowest BCUT2D eigenvalue weighted by atomic mass is 10.4. The predicted molar refractivity (Wildman–Crippen MR) is 50.2 cm³/mol. The first-order chi connectivity index (χ1) is 6.45. The highest BCUT2D eigenvalue weighted by Crippen LogP contribution is 2.01. The molecule has 0 unspecified atom stereocenters. The van der Waals surface area contributed by atoms with Gasteiger partial charge >= 0.3 is 0 Å².